The Kier molecular flexibility index (Phi) is 4.17. The van der Waals surface area contributed by atoms with Crippen LogP contribution in [0.25, 0.3) is 0 Å². The van der Waals surface area contributed by atoms with Gasteiger partial charge in [-0.15, -0.1) is 0 Å². The van der Waals surface area contributed by atoms with Gasteiger partial charge < -0.3 is 4.74 Å². The molecule has 0 amide bonds. The first kappa shape index (κ1) is 11.6. The summed E-state index contributed by atoms with van der Waals surface area (Å²) in [5.41, 5.74) is 1.30. The molecule has 0 aliphatic heterocycles. The molecule has 15 heavy (non-hydrogen) atoms. The van der Waals surface area contributed by atoms with Gasteiger partial charge in [-0.1, -0.05) is 26.0 Å². The molecule has 1 unspecified atom stereocenters. The van der Waals surface area contributed by atoms with E-state index >= 15 is 0 Å². The fraction of sp³-hybridized carbons (Fsp3) is 0.462. The van der Waals surface area contributed by atoms with Gasteiger partial charge >= 0.3 is 0 Å². The highest BCUT2D eigenvalue weighted by molar-refractivity contribution is 5.28. The second kappa shape index (κ2) is 5.41. The van der Waals surface area contributed by atoms with E-state index in [0.717, 1.165) is 5.75 Å². The van der Waals surface area contributed by atoms with E-state index in [4.69, 9.17) is 10.00 Å². The third-order valence-corrected chi connectivity index (χ3v) is 2.27. The lowest BCUT2D eigenvalue weighted by atomic mass is 10.0. The molecule has 0 aromatic heterocycles. The minimum Gasteiger partial charge on any atom is -0.492 e. The van der Waals surface area contributed by atoms with E-state index in [2.05, 4.69) is 32.0 Å². The van der Waals surface area contributed by atoms with Crippen LogP contribution in [-0.2, 0) is 0 Å². The van der Waals surface area contributed by atoms with Crippen LogP contribution in [0, 0.1) is 17.2 Å². The second-order valence-corrected chi connectivity index (χ2v) is 4.06. The molecule has 1 atom stereocenters. The SMILES string of the molecule is CC(C#N)COc1ccc(C(C)C)cc1. The Balaban J connectivity index is 2.54. The van der Waals surface area contributed by atoms with Crippen molar-refractivity contribution in [3.8, 4) is 11.8 Å². The van der Waals surface area contributed by atoms with Crippen molar-refractivity contribution in [1.29, 1.82) is 5.26 Å². The highest BCUT2D eigenvalue weighted by Gasteiger charge is 2.02. The Labute approximate surface area is 91.5 Å². The molecule has 0 radical (unpaired) electrons. The highest BCUT2D eigenvalue weighted by Crippen LogP contribution is 2.18. The van der Waals surface area contributed by atoms with E-state index in [-0.39, 0.29) is 5.92 Å². The normalized spacial score (nSPS) is 12.2. The van der Waals surface area contributed by atoms with Crippen LogP contribution < -0.4 is 4.74 Å². The number of hydrogen-bond donors (Lipinski definition) is 0. The Morgan fingerprint density at radius 3 is 2.27 bits per heavy atom. The molecule has 0 bridgehead atoms. The zero-order valence-corrected chi connectivity index (χ0v) is 9.53. The van der Waals surface area contributed by atoms with Gasteiger partial charge in [0.2, 0.25) is 0 Å². The molecule has 1 aromatic carbocycles. The van der Waals surface area contributed by atoms with Gasteiger partial charge in [-0.3, -0.25) is 0 Å². The van der Waals surface area contributed by atoms with Crippen molar-refractivity contribution in [2.75, 3.05) is 6.61 Å². The first-order chi connectivity index (χ1) is 7.13. The van der Waals surface area contributed by atoms with Gasteiger partial charge in [0, 0.05) is 0 Å². The van der Waals surface area contributed by atoms with Crippen molar-refractivity contribution in [3.05, 3.63) is 29.8 Å². The highest BCUT2D eigenvalue weighted by atomic mass is 16.5. The molecule has 0 heterocycles. The summed E-state index contributed by atoms with van der Waals surface area (Å²) < 4.78 is 5.47. The summed E-state index contributed by atoms with van der Waals surface area (Å²) in [5, 5.41) is 8.60. The molecular formula is C13H17NO. The van der Waals surface area contributed by atoms with E-state index in [1.54, 1.807) is 0 Å². The van der Waals surface area contributed by atoms with Crippen LogP contribution in [0.15, 0.2) is 24.3 Å². The maximum Gasteiger partial charge on any atom is 0.119 e. The molecule has 2 heteroatoms. The Morgan fingerprint density at radius 2 is 1.80 bits per heavy atom. The largest absolute Gasteiger partial charge is 0.492 e. The van der Waals surface area contributed by atoms with Crippen LogP contribution in [0.2, 0.25) is 0 Å². The summed E-state index contributed by atoms with van der Waals surface area (Å²) in [6.45, 7) is 6.63. The van der Waals surface area contributed by atoms with Crippen LogP contribution in [0.4, 0.5) is 0 Å². The van der Waals surface area contributed by atoms with E-state index in [1.165, 1.54) is 5.56 Å². The predicted octanol–water partition coefficient (Wildman–Crippen LogP) is 3.35. The number of hydrogen-bond acceptors (Lipinski definition) is 2. The molecule has 0 saturated heterocycles. The molecule has 0 spiro atoms. The maximum atomic E-state index is 8.60. The zero-order valence-electron chi connectivity index (χ0n) is 9.53. The maximum absolute atomic E-state index is 8.60. The van der Waals surface area contributed by atoms with Gasteiger partial charge in [0.15, 0.2) is 0 Å². The van der Waals surface area contributed by atoms with Crippen LogP contribution in [0.1, 0.15) is 32.3 Å². The molecule has 1 rings (SSSR count). The second-order valence-electron chi connectivity index (χ2n) is 4.06. The molecular weight excluding hydrogens is 186 g/mol. The van der Waals surface area contributed by atoms with E-state index in [0.29, 0.717) is 12.5 Å². The first-order valence-electron chi connectivity index (χ1n) is 5.26. The topological polar surface area (TPSA) is 33.0 Å². The predicted molar refractivity (Wildman–Crippen MR) is 60.8 cm³/mol. The average molecular weight is 203 g/mol. The molecule has 0 fully saturated rings. The number of nitrogens with zero attached hydrogens (tertiary/aromatic N) is 1. The summed E-state index contributed by atoms with van der Waals surface area (Å²) in [6.07, 6.45) is 0. The quantitative estimate of drug-likeness (QED) is 0.751. The fourth-order valence-electron chi connectivity index (χ4n) is 1.21. The molecule has 0 saturated carbocycles. The smallest absolute Gasteiger partial charge is 0.119 e. The number of nitriles is 1. The average Bonchev–Trinajstić information content (AvgIpc) is 2.26. The summed E-state index contributed by atoms with van der Waals surface area (Å²) >= 11 is 0. The van der Waals surface area contributed by atoms with Crippen molar-refractivity contribution in [1.82, 2.24) is 0 Å². The summed E-state index contributed by atoms with van der Waals surface area (Å²) in [7, 11) is 0. The molecule has 1 aromatic rings. The monoisotopic (exact) mass is 203 g/mol. The van der Waals surface area contributed by atoms with Crippen LogP contribution >= 0.6 is 0 Å². The van der Waals surface area contributed by atoms with Gasteiger partial charge in [-0.2, -0.15) is 5.26 Å². The lowest BCUT2D eigenvalue weighted by molar-refractivity contribution is 0.288. The summed E-state index contributed by atoms with van der Waals surface area (Å²) in [4.78, 5) is 0. The summed E-state index contributed by atoms with van der Waals surface area (Å²) in [5.74, 6) is 1.31. The van der Waals surface area contributed by atoms with Crippen LogP contribution in [0.5, 0.6) is 5.75 Å². The van der Waals surface area contributed by atoms with Gasteiger partial charge in [-0.25, -0.2) is 0 Å². The lowest BCUT2D eigenvalue weighted by Gasteiger charge is -2.09. The zero-order chi connectivity index (χ0) is 11.3. The Bertz CT molecular complexity index is 335. The minimum atomic E-state index is -0.0604. The van der Waals surface area contributed by atoms with Gasteiger partial charge in [0.1, 0.15) is 12.4 Å². The van der Waals surface area contributed by atoms with Crippen LogP contribution in [0.3, 0.4) is 0 Å². The number of ether oxygens (including phenoxy) is 1. The van der Waals surface area contributed by atoms with E-state index < -0.39 is 0 Å². The number of rotatable bonds is 4. The van der Waals surface area contributed by atoms with Crippen molar-refractivity contribution in [2.24, 2.45) is 5.92 Å². The molecule has 0 N–H and O–H groups in total. The lowest BCUT2D eigenvalue weighted by Crippen LogP contribution is -2.06. The standard InChI is InChI=1S/C13H17NO/c1-10(2)12-4-6-13(7-5-12)15-9-11(3)8-14/h4-7,10-11H,9H2,1-3H3. The minimum absolute atomic E-state index is 0.0604. The fourth-order valence-corrected chi connectivity index (χ4v) is 1.21. The Hall–Kier alpha value is -1.49. The molecule has 80 valence electrons. The van der Waals surface area contributed by atoms with Crippen molar-refractivity contribution in [3.63, 3.8) is 0 Å². The molecule has 2 nitrogen and oxygen atoms in total. The number of benzene rings is 1. The van der Waals surface area contributed by atoms with Gasteiger partial charge in [0.25, 0.3) is 0 Å². The first-order valence-corrected chi connectivity index (χ1v) is 5.26. The van der Waals surface area contributed by atoms with Crippen LogP contribution in [-0.4, -0.2) is 6.61 Å². The van der Waals surface area contributed by atoms with E-state index in [9.17, 15) is 0 Å². The Morgan fingerprint density at radius 1 is 1.20 bits per heavy atom. The molecule has 0 aliphatic carbocycles. The van der Waals surface area contributed by atoms with E-state index in [1.807, 2.05) is 19.1 Å². The van der Waals surface area contributed by atoms with Crippen molar-refractivity contribution in [2.45, 2.75) is 26.7 Å². The van der Waals surface area contributed by atoms with Gasteiger partial charge in [0.05, 0.1) is 12.0 Å². The van der Waals surface area contributed by atoms with Gasteiger partial charge in [-0.05, 0) is 30.5 Å². The summed E-state index contributed by atoms with van der Waals surface area (Å²) in [6, 6.07) is 10.2. The third kappa shape index (κ3) is 3.63. The van der Waals surface area contributed by atoms with Crippen molar-refractivity contribution >= 4 is 0 Å². The molecule has 0 aliphatic rings. The van der Waals surface area contributed by atoms with Crippen molar-refractivity contribution < 1.29 is 4.74 Å². The third-order valence-electron chi connectivity index (χ3n) is 2.27.